The third-order valence-corrected chi connectivity index (χ3v) is 3.71. The van der Waals surface area contributed by atoms with Gasteiger partial charge in [-0.2, -0.15) is 0 Å². The van der Waals surface area contributed by atoms with Crippen LogP contribution < -0.4 is 0 Å². The second kappa shape index (κ2) is 6.52. The van der Waals surface area contributed by atoms with Gasteiger partial charge in [0, 0.05) is 25.5 Å². The summed E-state index contributed by atoms with van der Waals surface area (Å²) < 4.78 is 0. The molecule has 0 aliphatic carbocycles. The highest BCUT2D eigenvalue weighted by atomic mass is 16.4. The molecule has 1 saturated heterocycles. The Bertz CT molecular complexity index is 474. The summed E-state index contributed by atoms with van der Waals surface area (Å²) in [5.74, 6) is -1.29. The predicted molar refractivity (Wildman–Crippen MR) is 73.1 cm³/mol. The molecule has 2 unspecified atom stereocenters. The number of aliphatic hydroxyl groups excluding tert-OH is 1. The van der Waals surface area contributed by atoms with E-state index >= 15 is 0 Å². The van der Waals surface area contributed by atoms with E-state index in [0.29, 0.717) is 19.4 Å². The maximum absolute atomic E-state index is 11.9. The number of carboxylic acids is 1. The molecule has 0 aromatic heterocycles. The topological polar surface area (TPSA) is 77.8 Å². The first-order valence-electron chi connectivity index (χ1n) is 6.79. The SMILES string of the molecule is O=C(O)C(CCc1ccccc1)N1CC(CO)CC1=O. The van der Waals surface area contributed by atoms with E-state index in [1.165, 1.54) is 4.90 Å². The molecule has 2 atom stereocenters. The molecule has 1 heterocycles. The minimum Gasteiger partial charge on any atom is -0.480 e. The molecule has 1 aliphatic heterocycles. The van der Waals surface area contributed by atoms with Crippen LogP contribution in [0.25, 0.3) is 0 Å². The first kappa shape index (κ1) is 14.5. The highest BCUT2D eigenvalue weighted by molar-refractivity contribution is 5.85. The van der Waals surface area contributed by atoms with Crippen LogP contribution in [0.15, 0.2) is 30.3 Å². The molecule has 1 aliphatic rings. The summed E-state index contributed by atoms with van der Waals surface area (Å²) in [6.07, 6.45) is 1.25. The molecule has 5 nitrogen and oxygen atoms in total. The van der Waals surface area contributed by atoms with Gasteiger partial charge in [0.15, 0.2) is 0 Å². The predicted octanol–water partition coefficient (Wildman–Crippen LogP) is 0.913. The molecule has 0 radical (unpaired) electrons. The number of rotatable bonds is 6. The van der Waals surface area contributed by atoms with Gasteiger partial charge in [-0.3, -0.25) is 4.79 Å². The molecule has 0 saturated carbocycles. The second-order valence-electron chi connectivity index (χ2n) is 5.18. The van der Waals surface area contributed by atoms with Crippen LogP contribution in [0.1, 0.15) is 18.4 Å². The lowest BCUT2D eigenvalue weighted by Gasteiger charge is -2.24. The van der Waals surface area contributed by atoms with E-state index in [0.717, 1.165) is 5.56 Å². The molecule has 1 amide bonds. The number of carbonyl (C=O) groups is 2. The number of aliphatic carboxylic acids is 1. The number of carboxylic acid groups (broad SMARTS) is 1. The Morgan fingerprint density at radius 1 is 1.35 bits per heavy atom. The average molecular weight is 277 g/mol. The standard InChI is InChI=1S/C15H19NO4/c17-10-12-8-14(18)16(9-12)13(15(19)20)7-6-11-4-2-1-3-5-11/h1-5,12-13,17H,6-10H2,(H,19,20). The van der Waals surface area contributed by atoms with Crippen molar-refractivity contribution in [1.82, 2.24) is 4.90 Å². The van der Waals surface area contributed by atoms with Gasteiger partial charge in [0.1, 0.15) is 6.04 Å². The number of benzene rings is 1. The molecule has 1 fully saturated rings. The van der Waals surface area contributed by atoms with Crippen molar-refractivity contribution >= 4 is 11.9 Å². The summed E-state index contributed by atoms with van der Waals surface area (Å²) >= 11 is 0. The van der Waals surface area contributed by atoms with Crippen LogP contribution in [-0.4, -0.2) is 46.2 Å². The zero-order valence-corrected chi connectivity index (χ0v) is 11.2. The van der Waals surface area contributed by atoms with Crippen molar-refractivity contribution in [3.8, 4) is 0 Å². The number of hydrogen-bond donors (Lipinski definition) is 2. The van der Waals surface area contributed by atoms with E-state index < -0.39 is 12.0 Å². The number of likely N-dealkylation sites (tertiary alicyclic amines) is 1. The highest BCUT2D eigenvalue weighted by Gasteiger charge is 2.36. The fourth-order valence-electron chi connectivity index (χ4n) is 2.59. The Balaban J connectivity index is 2.01. The van der Waals surface area contributed by atoms with E-state index in [1.54, 1.807) is 0 Å². The number of carbonyl (C=O) groups excluding carboxylic acids is 1. The van der Waals surface area contributed by atoms with Crippen LogP contribution in [0.2, 0.25) is 0 Å². The van der Waals surface area contributed by atoms with Gasteiger partial charge in [-0.15, -0.1) is 0 Å². The second-order valence-corrected chi connectivity index (χ2v) is 5.18. The molecule has 0 bridgehead atoms. The van der Waals surface area contributed by atoms with E-state index in [9.17, 15) is 14.7 Å². The molecular formula is C15H19NO4. The van der Waals surface area contributed by atoms with Crippen LogP contribution in [0.4, 0.5) is 0 Å². The lowest BCUT2D eigenvalue weighted by molar-refractivity contribution is -0.148. The normalized spacial score (nSPS) is 20.1. The molecular weight excluding hydrogens is 258 g/mol. The number of hydrogen-bond acceptors (Lipinski definition) is 3. The quantitative estimate of drug-likeness (QED) is 0.810. The van der Waals surface area contributed by atoms with Crippen molar-refractivity contribution in [2.45, 2.75) is 25.3 Å². The van der Waals surface area contributed by atoms with Crippen LogP contribution >= 0.6 is 0 Å². The fraction of sp³-hybridized carbons (Fsp3) is 0.467. The first-order chi connectivity index (χ1) is 9.61. The van der Waals surface area contributed by atoms with Gasteiger partial charge in [0.25, 0.3) is 0 Å². The van der Waals surface area contributed by atoms with Gasteiger partial charge >= 0.3 is 5.97 Å². The molecule has 5 heteroatoms. The van der Waals surface area contributed by atoms with E-state index in [1.807, 2.05) is 30.3 Å². The molecule has 108 valence electrons. The van der Waals surface area contributed by atoms with Crippen LogP contribution in [0, 0.1) is 5.92 Å². The van der Waals surface area contributed by atoms with Crippen LogP contribution in [0.3, 0.4) is 0 Å². The van der Waals surface area contributed by atoms with Crippen molar-refractivity contribution in [1.29, 1.82) is 0 Å². The van der Waals surface area contributed by atoms with Crippen molar-refractivity contribution in [3.05, 3.63) is 35.9 Å². The number of amides is 1. The van der Waals surface area contributed by atoms with Crippen molar-refractivity contribution < 1.29 is 19.8 Å². The summed E-state index contributed by atoms with van der Waals surface area (Å²) in [6, 6.07) is 8.82. The number of aliphatic hydroxyl groups is 1. The van der Waals surface area contributed by atoms with Gasteiger partial charge in [-0.25, -0.2) is 4.79 Å². The first-order valence-corrected chi connectivity index (χ1v) is 6.79. The monoisotopic (exact) mass is 277 g/mol. The Kier molecular flexibility index (Phi) is 4.74. The van der Waals surface area contributed by atoms with Crippen molar-refractivity contribution in [3.63, 3.8) is 0 Å². The van der Waals surface area contributed by atoms with Gasteiger partial charge in [-0.05, 0) is 18.4 Å². The third kappa shape index (κ3) is 3.36. The summed E-state index contributed by atoms with van der Waals surface area (Å²) in [7, 11) is 0. The fourth-order valence-corrected chi connectivity index (χ4v) is 2.59. The van der Waals surface area contributed by atoms with E-state index in [-0.39, 0.29) is 24.9 Å². The largest absolute Gasteiger partial charge is 0.480 e. The van der Waals surface area contributed by atoms with Gasteiger partial charge in [0.05, 0.1) is 0 Å². The maximum Gasteiger partial charge on any atom is 0.326 e. The van der Waals surface area contributed by atoms with Crippen molar-refractivity contribution in [2.75, 3.05) is 13.2 Å². The van der Waals surface area contributed by atoms with Crippen LogP contribution in [-0.2, 0) is 16.0 Å². The minimum atomic E-state index is -0.979. The average Bonchev–Trinajstić information content (AvgIpc) is 2.81. The summed E-state index contributed by atoms with van der Waals surface area (Å²) in [5, 5.41) is 18.4. The highest BCUT2D eigenvalue weighted by Crippen LogP contribution is 2.22. The molecule has 0 spiro atoms. The van der Waals surface area contributed by atoms with Gasteiger partial charge in [0.2, 0.25) is 5.91 Å². The number of nitrogens with zero attached hydrogens (tertiary/aromatic N) is 1. The third-order valence-electron chi connectivity index (χ3n) is 3.71. The van der Waals surface area contributed by atoms with Crippen LogP contribution in [0.5, 0.6) is 0 Å². The molecule has 1 aromatic carbocycles. The lowest BCUT2D eigenvalue weighted by atomic mass is 10.0. The smallest absolute Gasteiger partial charge is 0.326 e. The molecule has 20 heavy (non-hydrogen) atoms. The lowest BCUT2D eigenvalue weighted by Crippen LogP contribution is -2.42. The Hall–Kier alpha value is -1.88. The maximum atomic E-state index is 11.9. The Morgan fingerprint density at radius 3 is 2.60 bits per heavy atom. The molecule has 2 rings (SSSR count). The van der Waals surface area contributed by atoms with E-state index in [4.69, 9.17) is 5.11 Å². The van der Waals surface area contributed by atoms with E-state index in [2.05, 4.69) is 0 Å². The van der Waals surface area contributed by atoms with Crippen molar-refractivity contribution in [2.24, 2.45) is 5.92 Å². The number of aryl methyl sites for hydroxylation is 1. The molecule has 2 N–H and O–H groups in total. The summed E-state index contributed by atoms with van der Waals surface area (Å²) in [5.41, 5.74) is 1.06. The Labute approximate surface area is 117 Å². The molecule has 1 aromatic rings. The van der Waals surface area contributed by atoms with Gasteiger partial charge in [-0.1, -0.05) is 30.3 Å². The Morgan fingerprint density at radius 2 is 2.05 bits per heavy atom. The zero-order valence-electron chi connectivity index (χ0n) is 11.2. The summed E-state index contributed by atoms with van der Waals surface area (Å²) in [6.45, 7) is 0.258. The van der Waals surface area contributed by atoms with Gasteiger partial charge < -0.3 is 15.1 Å². The minimum absolute atomic E-state index is 0.0761. The summed E-state index contributed by atoms with van der Waals surface area (Å²) in [4.78, 5) is 24.6. The zero-order chi connectivity index (χ0) is 14.5.